The summed E-state index contributed by atoms with van der Waals surface area (Å²) in [6.45, 7) is 4.23. The molecule has 3 N–H and O–H groups in total. The molecule has 0 fully saturated rings. The second-order valence-electron chi connectivity index (χ2n) is 5.29. The molecule has 2 atom stereocenters. The number of amides is 1. The van der Waals surface area contributed by atoms with Crippen LogP contribution in [0.5, 0.6) is 5.75 Å². The van der Waals surface area contributed by atoms with E-state index in [1.54, 1.807) is 18.2 Å². The van der Waals surface area contributed by atoms with Crippen LogP contribution in [0, 0.1) is 5.92 Å². The standard InChI is InChI=1S/C18H21ClN2O2/c1-3-23-16-10-9-14(11-15(16)19)21-18(22)12(2)17(20)13-7-5-4-6-8-13/h4-12,17H,3,20H2,1-2H3,(H,21,22). The molecular formula is C18H21ClN2O2. The van der Waals surface area contributed by atoms with Crippen molar-refractivity contribution in [1.82, 2.24) is 0 Å². The second-order valence-corrected chi connectivity index (χ2v) is 5.70. The maximum atomic E-state index is 12.4. The molecule has 0 saturated carbocycles. The molecule has 0 saturated heterocycles. The van der Waals surface area contributed by atoms with Gasteiger partial charge in [-0.3, -0.25) is 4.79 Å². The van der Waals surface area contributed by atoms with Gasteiger partial charge in [-0.1, -0.05) is 48.9 Å². The van der Waals surface area contributed by atoms with Crippen molar-refractivity contribution in [2.24, 2.45) is 11.7 Å². The van der Waals surface area contributed by atoms with Gasteiger partial charge in [0.25, 0.3) is 0 Å². The van der Waals surface area contributed by atoms with Crippen LogP contribution in [0.2, 0.25) is 5.02 Å². The monoisotopic (exact) mass is 332 g/mol. The molecule has 0 radical (unpaired) electrons. The third-order valence-corrected chi connectivity index (χ3v) is 3.93. The molecule has 2 aromatic rings. The Labute approximate surface area is 141 Å². The second kappa shape index (κ2) is 7.99. The van der Waals surface area contributed by atoms with E-state index in [4.69, 9.17) is 22.1 Å². The van der Waals surface area contributed by atoms with E-state index in [-0.39, 0.29) is 17.9 Å². The van der Waals surface area contributed by atoms with Crippen molar-refractivity contribution in [3.8, 4) is 5.75 Å². The summed E-state index contributed by atoms with van der Waals surface area (Å²) in [5.41, 5.74) is 7.73. The third kappa shape index (κ3) is 4.47. The lowest BCUT2D eigenvalue weighted by Gasteiger charge is -2.20. The van der Waals surface area contributed by atoms with Crippen molar-refractivity contribution in [3.63, 3.8) is 0 Å². The van der Waals surface area contributed by atoms with Crippen molar-refractivity contribution < 1.29 is 9.53 Å². The van der Waals surface area contributed by atoms with E-state index in [9.17, 15) is 4.79 Å². The highest BCUT2D eigenvalue weighted by atomic mass is 35.5. The van der Waals surface area contributed by atoms with Crippen molar-refractivity contribution in [3.05, 3.63) is 59.1 Å². The van der Waals surface area contributed by atoms with Crippen LogP contribution in [0.4, 0.5) is 5.69 Å². The van der Waals surface area contributed by atoms with Crippen LogP contribution in [0.1, 0.15) is 25.5 Å². The van der Waals surface area contributed by atoms with Gasteiger partial charge in [-0.25, -0.2) is 0 Å². The molecular weight excluding hydrogens is 312 g/mol. The maximum Gasteiger partial charge on any atom is 0.229 e. The number of nitrogens with one attached hydrogen (secondary N) is 1. The Kier molecular flexibility index (Phi) is 6.02. The van der Waals surface area contributed by atoms with Crippen LogP contribution in [-0.4, -0.2) is 12.5 Å². The van der Waals surface area contributed by atoms with Gasteiger partial charge in [0.1, 0.15) is 5.75 Å². The van der Waals surface area contributed by atoms with Crippen LogP contribution < -0.4 is 15.8 Å². The normalized spacial score (nSPS) is 13.2. The summed E-state index contributed by atoms with van der Waals surface area (Å²) in [7, 11) is 0. The topological polar surface area (TPSA) is 64.3 Å². The molecule has 0 aromatic heterocycles. The first-order valence-corrected chi connectivity index (χ1v) is 7.94. The van der Waals surface area contributed by atoms with Crippen LogP contribution in [0.25, 0.3) is 0 Å². The SMILES string of the molecule is CCOc1ccc(NC(=O)C(C)C(N)c2ccccc2)cc1Cl. The molecule has 2 unspecified atom stereocenters. The molecule has 0 heterocycles. The lowest BCUT2D eigenvalue weighted by Crippen LogP contribution is -2.30. The summed E-state index contributed by atoms with van der Waals surface area (Å²) in [5, 5.41) is 3.31. The Balaban J connectivity index is 2.05. The molecule has 122 valence electrons. The minimum Gasteiger partial charge on any atom is -0.492 e. The summed E-state index contributed by atoms with van der Waals surface area (Å²) in [6, 6.07) is 14.4. The molecule has 0 spiro atoms. The summed E-state index contributed by atoms with van der Waals surface area (Å²) in [6.07, 6.45) is 0. The van der Waals surface area contributed by atoms with E-state index >= 15 is 0 Å². The number of rotatable bonds is 6. The number of halogens is 1. The fourth-order valence-corrected chi connectivity index (χ4v) is 2.47. The van der Waals surface area contributed by atoms with Crippen LogP contribution >= 0.6 is 11.6 Å². The molecule has 23 heavy (non-hydrogen) atoms. The average Bonchev–Trinajstić information content (AvgIpc) is 2.57. The smallest absolute Gasteiger partial charge is 0.229 e. The van der Waals surface area contributed by atoms with Gasteiger partial charge in [-0.15, -0.1) is 0 Å². The Morgan fingerprint density at radius 3 is 2.57 bits per heavy atom. The van der Waals surface area contributed by atoms with E-state index in [0.717, 1.165) is 5.56 Å². The van der Waals surface area contributed by atoms with Gasteiger partial charge in [0, 0.05) is 11.7 Å². The van der Waals surface area contributed by atoms with Gasteiger partial charge in [-0.2, -0.15) is 0 Å². The number of hydrogen-bond donors (Lipinski definition) is 2. The maximum absolute atomic E-state index is 12.4. The van der Waals surface area contributed by atoms with Crippen molar-refractivity contribution >= 4 is 23.2 Å². The van der Waals surface area contributed by atoms with Gasteiger partial charge >= 0.3 is 0 Å². The number of ether oxygens (including phenoxy) is 1. The fourth-order valence-electron chi connectivity index (χ4n) is 2.23. The first-order valence-electron chi connectivity index (χ1n) is 7.56. The van der Waals surface area contributed by atoms with Crippen LogP contribution in [-0.2, 0) is 4.79 Å². The molecule has 4 nitrogen and oxygen atoms in total. The highest BCUT2D eigenvalue weighted by molar-refractivity contribution is 6.32. The number of hydrogen-bond acceptors (Lipinski definition) is 3. The minimum atomic E-state index is -0.372. The summed E-state index contributed by atoms with van der Waals surface area (Å²) < 4.78 is 5.38. The molecule has 0 aliphatic carbocycles. The summed E-state index contributed by atoms with van der Waals surface area (Å²) in [5.74, 6) is 0.0746. The highest BCUT2D eigenvalue weighted by Gasteiger charge is 2.22. The first kappa shape index (κ1) is 17.3. The predicted octanol–water partition coefficient (Wildman–Crippen LogP) is 4.01. The minimum absolute atomic E-state index is 0.151. The van der Waals surface area contributed by atoms with Crippen molar-refractivity contribution in [2.75, 3.05) is 11.9 Å². The zero-order valence-corrected chi connectivity index (χ0v) is 14.0. The zero-order chi connectivity index (χ0) is 16.8. The Morgan fingerprint density at radius 2 is 1.96 bits per heavy atom. The number of benzene rings is 2. The van der Waals surface area contributed by atoms with E-state index in [0.29, 0.717) is 23.1 Å². The molecule has 2 rings (SSSR count). The molecule has 2 aromatic carbocycles. The van der Waals surface area contributed by atoms with Crippen molar-refractivity contribution in [1.29, 1.82) is 0 Å². The molecule has 0 bridgehead atoms. The molecule has 5 heteroatoms. The Hall–Kier alpha value is -2.04. The first-order chi connectivity index (χ1) is 11.0. The lowest BCUT2D eigenvalue weighted by molar-refractivity contribution is -0.120. The van der Waals surface area contributed by atoms with Crippen LogP contribution in [0.3, 0.4) is 0 Å². The third-order valence-electron chi connectivity index (χ3n) is 3.64. The van der Waals surface area contributed by atoms with Gasteiger partial charge in [0.2, 0.25) is 5.91 Å². The number of carbonyl (C=O) groups excluding carboxylic acids is 1. The Morgan fingerprint density at radius 1 is 1.26 bits per heavy atom. The van der Waals surface area contributed by atoms with E-state index in [2.05, 4.69) is 5.32 Å². The van der Waals surface area contributed by atoms with E-state index in [1.165, 1.54) is 0 Å². The molecule has 0 aliphatic rings. The summed E-state index contributed by atoms with van der Waals surface area (Å²) >= 11 is 6.13. The van der Waals surface area contributed by atoms with Crippen LogP contribution in [0.15, 0.2) is 48.5 Å². The fraction of sp³-hybridized carbons (Fsp3) is 0.278. The number of anilines is 1. The largest absolute Gasteiger partial charge is 0.492 e. The van der Waals surface area contributed by atoms with Gasteiger partial charge < -0.3 is 15.8 Å². The van der Waals surface area contributed by atoms with E-state index in [1.807, 2.05) is 44.2 Å². The highest BCUT2D eigenvalue weighted by Crippen LogP contribution is 2.28. The Bertz CT molecular complexity index is 661. The quantitative estimate of drug-likeness (QED) is 0.840. The van der Waals surface area contributed by atoms with Gasteiger partial charge in [0.15, 0.2) is 0 Å². The number of carbonyl (C=O) groups is 1. The van der Waals surface area contributed by atoms with Gasteiger partial charge in [0.05, 0.1) is 17.5 Å². The van der Waals surface area contributed by atoms with Crippen molar-refractivity contribution in [2.45, 2.75) is 19.9 Å². The molecule has 1 amide bonds. The predicted molar refractivity (Wildman–Crippen MR) is 93.8 cm³/mol. The zero-order valence-electron chi connectivity index (χ0n) is 13.3. The van der Waals surface area contributed by atoms with Gasteiger partial charge in [-0.05, 0) is 30.7 Å². The average molecular weight is 333 g/mol. The molecule has 0 aliphatic heterocycles. The van der Waals surface area contributed by atoms with E-state index < -0.39 is 0 Å². The lowest BCUT2D eigenvalue weighted by atomic mass is 9.94. The summed E-state index contributed by atoms with van der Waals surface area (Å²) in [4.78, 5) is 12.4. The number of nitrogens with two attached hydrogens (primary N) is 1.